The van der Waals surface area contributed by atoms with E-state index in [1.165, 1.54) is 0 Å². The van der Waals surface area contributed by atoms with Gasteiger partial charge in [0.15, 0.2) is 5.82 Å². The molecule has 7 heteroatoms. The Morgan fingerprint density at radius 3 is 3.05 bits per heavy atom. The van der Waals surface area contributed by atoms with Crippen LogP contribution < -0.4 is 10.6 Å². The van der Waals surface area contributed by atoms with Crippen LogP contribution >= 0.6 is 12.4 Å². The Balaban J connectivity index is 0.00000180. The second-order valence-electron chi connectivity index (χ2n) is 4.75. The summed E-state index contributed by atoms with van der Waals surface area (Å²) in [6, 6.07) is 2.26. The molecule has 1 unspecified atom stereocenters. The Morgan fingerprint density at radius 1 is 1.68 bits per heavy atom. The molecule has 1 aromatic heterocycles. The molecule has 0 aromatic carbocycles. The Labute approximate surface area is 119 Å². The van der Waals surface area contributed by atoms with Crippen molar-refractivity contribution in [1.29, 1.82) is 0 Å². The number of rotatable bonds is 5. The number of halogens is 1. The van der Waals surface area contributed by atoms with Crippen LogP contribution in [0.15, 0.2) is 10.6 Å². The van der Waals surface area contributed by atoms with Crippen LogP contribution in [0, 0.1) is 6.92 Å². The summed E-state index contributed by atoms with van der Waals surface area (Å²) in [5.74, 6) is 1.16. The standard InChI is InChI=1S/C12H20N4O2.ClH/c1-9-7-11(15-18-9)14-12(17)4-6-16(2)10-3-5-13-8-10;/h7,10,13H,3-6,8H2,1-2H3,(H,14,15,17);1H. The molecule has 2 rings (SSSR count). The molecule has 1 amide bonds. The van der Waals surface area contributed by atoms with Gasteiger partial charge in [-0.3, -0.25) is 4.79 Å². The predicted octanol–water partition coefficient (Wildman–Crippen LogP) is 1.03. The van der Waals surface area contributed by atoms with E-state index in [9.17, 15) is 4.79 Å². The van der Waals surface area contributed by atoms with Gasteiger partial charge in [0.25, 0.3) is 0 Å². The van der Waals surface area contributed by atoms with Crippen molar-refractivity contribution in [1.82, 2.24) is 15.4 Å². The third-order valence-corrected chi connectivity index (χ3v) is 3.24. The number of anilines is 1. The number of carbonyl (C=O) groups is 1. The highest BCUT2D eigenvalue weighted by Crippen LogP contribution is 2.09. The normalized spacial score (nSPS) is 18.4. The van der Waals surface area contributed by atoms with E-state index in [1.54, 1.807) is 13.0 Å². The summed E-state index contributed by atoms with van der Waals surface area (Å²) in [6.07, 6.45) is 1.62. The van der Waals surface area contributed by atoms with Crippen molar-refractivity contribution in [2.24, 2.45) is 0 Å². The summed E-state index contributed by atoms with van der Waals surface area (Å²) < 4.78 is 4.89. The molecule has 108 valence electrons. The maximum absolute atomic E-state index is 11.7. The van der Waals surface area contributed by atoms with Crippen molar-refractivity contribution in [2.45, 2.75) is 25.8 Å². The second-order valence-corrected chi connectivity index (χ2v) is 4.75. The van der Waals surface area contributed by atoms with Crippen molar-refractivity contribution in [3.05, 3.63) is 11.8 Å². The van der Waals surface area contributed by atoms with Gasteiger partial charge in [-0.2, -0.15) is 0 Å². The Bertz CT molecular complexity index is 404. The Hall–Kier alpha value is -1.11. The average Bonchev–Trinajstić information content (AvgIpc) is 2.97. The minimum Gasteiger partial charge on any atom is -0.360 e. The molecule has 0 radical (unpaired) electrons. The van der Waals surface area contributed by atoms with Gasteiger partial charge >= 0.3 is 0 Å². The van der Waals surface area contributed by atoms with Crippen LogP contribution in [-0.4, -0.2) is 48.7 Å². The highest BCUT2D eigenvalue weighted by molar-refractivity contribution is 5.89. The molecule has 19 heavy (non-hydrogen) atoms. The summed E-state index contributed by atoms with van der Waals surface area (Å²) >= 11 is 0. The highest BCUT2D eigenvalue weighted by Gasteiger charge is 2.19. The number of hydrogen-bond acceptors (Lipinski definition) is 5. The molecule has 2 N–H and O–H groups in total. The maximum Gasteiger partial charge on any atom is 0.226 e. The van der Waals surface area contributed by atoms with E-state index in [4.69, 9.17) is 4.52 Å². The first-order valence-electron chi connectivity index (χ1n) is 6.29. The SMILES string of the molecule is Cc1cc(NC(=O)CCN(C)C2CCNC2)no1.Cl. The van der Waals surface area contributed by atoms with Gasteiger partial charge in [-0.1, -0.05) is 5.16 Å². The molecule has 1 aliphatic heterocycles. The Morgan fingerprint density at radius 2 is 2.47 bits per heavy atom. The smallest absolute Gasteiger partial charge is 0.226 e. The third kappa shape index (κ3) is 4.81. The first kappa shape index (κ1) is 15.9. The third-order valence-electron chi connectivity index (χ3n) is 3.24. The predicted molar refractivity (Wildman–Crippen MR) is 75.6 cm³/mol. The molecular weight excluding hydrogens is 268 g/mol. The Kier molecular flexibility index (Phi) is 6.27. The monoisotopic (exact) mass is 288 g/mol. The molecule has 0 aliphatic carbocycles. The van der Waals surface area contributed by atoms with Gasteiger partial charge in [-0.25, -0.2) is 0 Å². The molecule has 1 fully saturated rings. The van der Waals surface area contributed by atoms with Crippen LogP contribution in [-0.2, 0) is 4.79 Å². The topological polar surface area (TPSA) is 70.4 Å². The lowest BCUT2D eigenvalue weighted by Crippen LogP contribution is -2.35. The largest absolute Gasteiger partial charge is 0.360 e. The first-order chi connectivity index (χ1) is 8.65. The average molecular weight is 289 g/mol. The highest BCUT2D eigenvalue weighted by atomic mass is 35.5. The number of hydrogen-bond donors (Lipinski definition) is 2. The van der Waals surface area contributed by atoms with Crippen LogP contribution in [0.3, 0.4) is 0 Å². The molecule has 1 saturated heterocycles. The number of carbonyl (C=O) groups excluding carboxylic acids is 1. The fourth-order valence-corrected chi connectivity index (χ4v) is 2.11. The van der Waals surface area contributed by atoms with Crippen LogP contribution in [0.5, 0.6) is 0 Å². The lowest BCUT2D eigenvalue weighted by molar-refractivity contribution is -0.116. The van der Waals surface area contributed by atoms with Crippen LogP contribution in [0.2, 0.25) is 0 Å². The van der Waals surface area contributed by atoms with Crippen molar-refractivity contribution < 1.29 is 9.32 Å². The number of aryl methyl sites for hydroxylation is 1. The summed E-state index contributed by atoms with van der Waals surface area (Å²) in [4.78, 5) is 13.9. The summed E-state index contributed by atoms with van der Waals surface area (Å²) in [5.41, 5.74) is 0. The molecule has 1 atom stereocenters. The van der Waals surface area contributed by atoms with Crippen molar-refractivity contribution in [3.63, 3.8) is 0 Å². The van der Waals surface area contributed by atoms with Gasteiger partial charge in [0.1, 0.15) is 5.76 Å². The zero-order valence-corrected chi connectivity index (χ0v) is 12.1. The van der Waals surface area contributed by atoms with Gasteiger partial charge in [-0.05, 0) is 26.9 Å². The van der Waals surface area contributed by atoms with Gasteiger partial charge in [-0.15, -0.1) is 12.4 Å². The molecule has 1 aromatic rings. The van der Waals surface area contributed by atoms with E-state index >= 15 is 0 Å². The minimum absolute atomic E-state index is 0. The fraction of sp³-hybridized carbons (Fsp3) is 0.667. The van der Waals surface area contributed by atoms with E-state index in [0.29, 0.717) is 24.0 Å². The summed E-state index contributed by atoms with van der Waals surface area (Å²) in [5, 5.41) is 9.77. The zero-order chi connectivity index (χ0) is 13.0. The van der Waals surface area contributed by atoms with E-state index in [-0.39, 0.29) is 18.3 Å². The van der Waals surface area contributed by atoms with E-state index in [2.05, 4.69) is 27.7 Å². The minimum atomic E-state index is -0.0268. The van der Waals surface area contributed by atoms with Gasteiger partial charge in [0, 0.05) is 31.6 Å². The number of likely N-dealkylation sites (N-methyl/N-ethyl adjacent to an activating group) is 1. The quantitative estimate of drug-likeness (QED) is 0.847. The molecule has 0 spiro atoms. The maximum atomic E-state index is 11.7. The van der Waals surface area contributed by atoms with Gasteiger partial charge in [0.2, 0.25) is 5.91 Å². The van der Waals surface area contributed by atoms with Crippen molar-refractivity contribution in [2.75, 3.05) is 32.0 Å². The van der Waals surface area contributed by atoms with E-state index in [1.807, 2.05) is 0 Å². The van der Waals surface area contributed by atoms with Crippen LogP contribution in [0.4, 0.5) is 5.82 Å². The van der Waals surface area contributed by atoms with Crippen LogP contribution in [0.25, 0.3) is 0 Å². The number of nitrogens with one attached hydrogen (secondary N) is 2. The lowest BCUT2D eigenvalue weighted by Gasteiger charge is -2.22. The van der Waals surface area contributed by atoms with Crippen LogP contribution in [0.1, 0.15) is 18.6 Å². The fourth-order valence-electron chi connectivity index (χ4n) is 2.11. The zero-order valence-electron chi connectivity index (χ0n) is 11.3. The first-order valence-corrected chi connectivity index (χ1v) is 6.29. The molecule has 6 nitrogen and oxygen atoms in total. The molecular formula is C12H21ClN4O2. The van der Waals surface area contributed by atoms with E-state index in [0.717, 1.165) is 26.1 Å². The lowest BCUT2D eigenvalue weighted by atomic mass is 10.2. The second kappa shape index (κ2) is 7.47. The van der Waals surface area contributed by atoms with Crippen molar-refractivity contribution >= 4 is 24.1 Å². The van der Waals surface area contributed by atoms with E-state index < -0.39 is 0 Å². The van der Waals surface area contributed by atoms with Gasteiger partial charge in [0.05, 0.1) is 0 Å². The number of amides is 1. The molecule has 0 saturated carbocycles. The molecule has 0 bridgehead atoms. The molecule has 2 heterocycles. The summed E-state index contributed by atoms with van der Waals surface area (Å²) in [7, 11) is 2.06. The van der Waals surface area contributed by atoms with Crippen molar-refractivity contribution in [3.8, 4) is 0 Å². The number of aromatic nitrogens is 1. The molecule has 1 aliphatic rings. The van der Waals surface area contributed by atoms with Gasteiger partial charge < -0.3 is 20.1 Å². The summed E-state index contributed by atoms with van der Waals surface area (Å²) in [6.45, 7) is 4.64. The number of nitrogens with zero attached hydrogens (tertiary/aromatic N) is 2.